The van der Waals surface area contributed by atoms with E-state index in [0.717, 1.165) is 5.75 Å². The quantitative estimate of drug-likeness (QED) is 0.793. The fourth-order valence-corrected chi connectivity index (χ4v) is 2.67. The molecule has 1 atom stereocenters. The van der Waals surface area contributed by atoms with Crippen LogP contribution in [-0.2, 0) is 9.53 Å². The maximum absolute atomic E-state index is 11.9. The second kappa shape index (κ2) is 6.13. The first-order valence-corrected chi connectivity index (χ1v) is 6.95. The molecule has 1 aliphatic rings. The van der Waals surface area contributed by atoms with E-state index in [1.54, 1.807) is 43.5 Å². The molecule has 1 saturated heterocycles. The average Bonchev–Trinajstić information content (AvgIpc) is 2.71. The van der Waals surface area contributed by atoms with Crippen LogP contribution < -0.4 is 5.32 Å². The van der Waals surface area contributed by atoms with E-state index in [1.165, 1.54) is 0 Å². The number of hydrogen-bond donors (Lipinski definition) is 1. The van der Waals surface area contributed by atoms with Crippen molar-refractivity contribution in [1.29, 1.82) is 0 Å². The first-order chi connectivity index (χ1) is 8.33. The highest BCUT2D eigenvalue weighted by atomic mass is 32.2. The van der Waals surface area contributed by atoms with E-state index >= 15 is 0 Å². The van der Waals surface area contributed by atoms with Gasteiger partial charge in [-0.1, -0.05) is 6.08 Å². The molecule has 102 valence electrons. The Hall–Kier alpha value is -1.17. The monoisotopic (exact) mass is 272 g/mol. The van der Waals surface area contributed by atoms with Crippen LogP contribution in [0.3, 0.4) is 0 Å². The van der Waals surface area contributed by atoms with Gasteiger partial charge in [-0.15, -0.1) is 18.3 Å². The molecule has 0 bridgehead atoms. The third kappa shape index (κ3) is 4.60. The number of carbonyl (C=O) groups excluding carboxylic acids is 2. The molecular weight excluding hydrogens is 252 g/mol. The van der Waals surface area contributed by atoms with Crippen LogP contribution in [0.5, 0.6) is 0 Å². The molecule has 5 nitrogen and oxygen atoms in total. The highest BCUT2D eigenvalue weighted by Crippen LogP contribution is 2.21. The molecule has 1 rings (SSSR count). The minimum Gasteiger partial charge on any atom is -0.444 e. The Morgan fingerprint density at radius 3 is 2.78 bits per heavy atom. The molecule has 6 heteroatoms. The van der Waals surface area contributed by atoms with Crippen molar-refractivity contribution in [1.82, 2.24) is 10.2 Å². The lowest BCUT2D eigenvalue weighted by molar-refractivity contribution is -0.129. The number of thioether (sulfide) groups is 1. The molecule has 0 aromatic heterocycles. The van der Waals surface area contributed by atoms with E-state index in [1.807, 2.05) is 0 Å². The number of carbonyl (C=O) groups is 2. The molecule has 0 spiro atoms. The summed E-state index contributed by atoms with van der Waals surface area (Å²) in [5, 5.41) is 2.46. The third-order valence-electron chi connectivity index (χ3n) is 2.29. The Kier molecular flexibility index (Phi) is 5.07. The molecule has 0 radical (unpaired) electrons. The molecule has 1 aliphatic heterocycles. The van der Waals surface area contributed by atoms with Crippen molar-refractivity contribution in [2.75, 3.05) is 18.2 Å². The summed E-state index contributed by atoms with van der Waals surface area (Å²) in [6.07, 6.45) is 1.18. The van der Waals surface area contributed by atoms with Gasteiger partial charge in [0.05, 0.1) is 11.9 Å². The molecule has 0 saturated carbocycles. The zero-order valence-corrected chi connectivity index (χ0v) is 11.9. The summed E-state index contributed by atoms with van der Waals surface area (Å²) >= 11 is 1.68. The average molecular weight is 272 g/mol. The number of amides is 2. The van der Waals surface area contributed by atoms with Gasteiger partial charge in [0, 0.05) is 5.75 Å². The van der Waals surface area contributed by atoms with Crippen molar-refractivity contribution in [3.63, 3.8) is 0 Å². The van der Waals surface area contributed by atoms with Gasteiger partial charge in [-0.05, 0) is 20.8 Å². The Morgan fingerprint density at radius 2 is 2.22 bits per heavy atom. The van der Waals surface area contributed by atoms with Crippen LogP contribution in [0.25, 0.3) is 0 Å². The van der Waals surface area contributed by atoms with Gasteiger partial charge in [-0.25, -0.2) is 4.79 Å². The summed E-state index contributed by atoms with van der Waals surface area (Å²) in [5.41, 5.74) is -0.555. The summed E-state index contributed by atoms with van der Waals surface area (Å²) in [7, 11) is 0. The van der Waals surface area contributed by atoms with Gasteiger partial charge in [0.15, 0.2) is 0 Å². The van der Waals surface area contributed by atoms with Crippen LogP contribution in [0.4, 0.5) is 4.79 Å². The van der Waals surface area contributed by atoms with Crippen LogP contribution in [-0.4, -0.2) is 46.7 Å². The lowest BCUT2D eigenvalue weighted by Gasteiger charge is -2.22. The van der Waals surface area contributed by atoms with Crippen molar-refractivity contribution in [2.45, 2.75) is 32.4 Å². The van der Waals surface area contributed by atoms with Crippen LogP contribution in [0.1, 0.15) is 20.8 Å². The summed E-state index contributed by atoms with van der Waals surface area (Å²) in [5.74, 6) is 1.39. The van der Waals surface area contributed by atoms with E-state index in [0.29, 0.717) is 5.88 Å². The highest BCUT2D eigenvalue weighted by molar-refractivity contribution is 7.99. The zero-order chi connectivity index (χ0) is 13.8. The molecule has 2 amide bonds. The lowest BCUT2D eigenvalue weighted by atomic mass is 10.2. The van der Waals surface area contributed by atoms with Gasteiger partial charge in [-0.2, -0.15) is 0 Å². The molecule has 0 unspecified atom stereocenters. The predicted octanol–water partition coefficient (Wildman–Crippen LogP) is 1.60. The fraction of sp³-hybridized carbons (Fsp3) is 0.667. The van der Waals surface area contributed by atoms with Gasteiger partial charge < -0.3 is 15.0 Å². The standard InChI is InChI=1S/C12H20N2O3S/c1-5-9-7-18-8-14(9)10(15)6-13-11(16)17-12(2,3)4/h5,9H,1,6-8H2,2-4H3,(H,13,16)/t9-/m0/s1. The van der Waals surface area contributed by atoms with Gasteiger partial charge in [-0.3, -0.25) is 4.79 Å². The van der Waals surface area contributed by atoms with Gasteiger partial charge in [0.25, 0.3) is 0 Å². The topological polar surface area (TPSA) is 58.6 Å². The summed E-state index contributed by atoms with van der Waals surface area (Å²) < 4.78 is 5.06. The second-order valence-corrected chi connectivity index (χ2v) is 6.02. The smallest absolute Gasteiger partial charge is 0.408 e. The summed E-state index contributed by atoms with van der Waals surface area (Å²) in [6.45, 7) is 8.99. The Balaban J connectivity index is 2.37. The maximum Gasteiger partial charge on any atom is 0.408 e. The van der Waals surface area contributed by atoms with Crippen molar-refractivity contribution < 1.29 is 14.3 Å². The van der Waals surface area contributed by atoms with Crippen LogP contribution in [0, 0.1) is 0 Å². The summed E-state index contributed by atoms with van der Waals surface area (Å²) in [4.78, 5) is 25.0. The van der Waals surface area contributed by atoms with Crippen LogP contribution >= 0.6 is 11.8 Å². The Bertz CT molecular complexity index is 339. The lowest BCUT2D eigenvalue weighted by Crippen LogP contribution is -2.43. The first kappa shape index (κ1) is 14.9. The number of ether oxygens (including phenoxy) is 1. The number of nitrogens with zero attached hydrogens (tertiary/aromatic N) is 1. The molecule has 1 N–H and O–H groups in total. The van der Waals surface area contributed by atoms with E-state index in [9.17, 15) is 9.59 Å². The van der Waals surface area contributed by atoms with Crippen molar-refractivity contribution >= 4 is 23.8 Å². The largest absolute Gasteiger partial charge is 0.444 e. The van der Waals surface area contributed by atoms with Crippen molar-refractivity contribution in [3.05, 3.63) is 12.7 Å². The second-order valence-electron chi connectivity index (χ2n) is 5.02. The molecular formula is C12H20N2O3S. The van der Waals surface area contributed by atoms with Gasteiger partial charge >= 0.3 is 6.09 Å². The molecule has 0 aromatic carbocycles. The predicted molar refractivity (Wildman–Crippen MR) is 72.4 cm³/mol. The Morgan fingerprint density at radius 1 is 1.56 bits per heavy atom. The molecule has 18 heavy (non-hydrogen) atoms. The fourth-order valence-electron chi connectivity index (χ4n) is 1.47. The van der Waals surface area contributed by atoms with E-state index in [4.69, 9.17) is 4.74 Å². The normalized spacial score (nSPS) is 19.5. The molecule has 0 aromatic rings. The molecule has 1 fully saturated rings. The number of alkyl carbamates (subject to hydrolysis) is 1. The van der Waals surface area contributed by atoms with E-state index in [2.05, 4.69) is 11.9 Å². The SMILES string of the molecule is C=C[C@H]1CSCN1C(=O)CNC(=O)OC(C)(C)C. The van der Waals surface area contributed by atoms with Gasteiger partial charge in [0.2, 0.25) is 5.91 Å². The van der Waals surface area contributed by atoms with Gasteiger partial charge in [0.1, 0.15) is 12.1 Å². The summed E-state index contributed by atoms with van der Waals surface area (Å²) in [6, 6.07) is 0.0583. The molecule has 1 heterocycles. The van der Waals surface area contributed by atoms with E-state index in [-0.39, 0.29) is 18.5 Å². The number of rotatable bonds is 3. The minimum absolute atomic E-state index is 0.0419. The van der Waals surface area contributed by atoms with E-state index < -0.39 is 11.7 Å². The number of hydrogen-bond acceptors (Lipinski definition) is 4. The van der Waals surface area contributed by atoms with Crippen LogP contribution in [0.2, 0.25) is 0 Å². The maximum atomic E-state index is 11.9. The highest BCUT2D eigenvalue weighted by Gasteiger charge is 2.27. The number of nitrogens with one attached hydrogen (secondary N) is 1. The van der Waals surface area contributed by atoms with Crippen molar-refractivity contribution in [3.8, 4) is 0 Å². The van der Waals surface area contributed by atoms with Crippen LogP contribution in [0.15, 0.2) is 12.7 Å². The first-order valence-electron chi connectivity index (χ1n) is 5.80. The third-order valence-corrected chi connectivity index (χ3v) is 3.33. The Labute approximate surface area is 112 Å². The van der Waals surface area contributed by atoms with Crippen molar-refractivity contribution in [2.24, 2.45) is 0 Å². The zero-order valence-electron chi connectivity index (χ0n) is 11.1. The minimum atomic E-state index is -0.571. The molecule has 0 aliphatic carbocycles.